The van der Waals surface area contributed by atoms with Crippen LogP contribution in [0.4, 0.5) is 0 Å². The fourth-order valence-corrected chi connectivity index (χ4v) is 2.90. The molecule has 0 saturated heterocycles. The second-order valence-electron chi connectivity index (χ2n) is 3.17. The molecule has 0 atom stereocenters. The van der Waals surface area contributed by atoms with Crippen LogP contribution in [0, 0.1) is 0 Å². The summed E-state index contributed by atoms with van der Waals surface area (Å²) in [6.45, 7) is 2.83. The molecule has 0 aliphatic rings. The number of nitrogens with two attached hydrogens (primary N) is 1. The molecule has 0 saturated carbocycles. The van der Waals surface area contributed by atoms with E-state index < -0.39 is 0 Å². The number of rotatable bonds is 5. The molecule has 0 aromatic heterocycles. The van der Waals surface area contributed by atoms with Crippen molar-refractivity contribution >= 4 is 27.7 Å². The summed E-state index contributed by atoms with van der Waals surface area (Å²) in [5, 5.41) is 0. The monoisotopic (exact) mass is 273 g/mol. The Bertz CT molecular complexity index is 289. The summed E-state index contributed by atoms with van der Waals surface area (Å²) in [7, 11) is 0. The fourth-order valence-electron chi connectivity index (χ4n) is 1.11. The van der Waals surface area contributed by atoms with Gasteiger partial charge in [0.2, 0.25) is 0 Å². The van der Waals surface area contributed by atoms with Crippen molar-refractivity contribution in [3.05, 3.63) is 28.2 Å². The van der Waals surface area contributed by atoms with Gasteiger partial charge in [-0.2, -0.15) is 0 Å². The first-order valence-corrected chi connectivity index (χ1v) is 6.67. The summed E-state index contributed by atoms with van der Waals surface area (Å²) in [4.78, 5) is 1.32. The zero-order valence-electron chi connectivity index (χ0n) is 8.42. The summed E-state index contributed by atoms with van der Waals surface area (Å²) in [5.74, 6) is 1.19. The van der Waals surface area contributed by atoms with Gasteiger partial charge in [0.1, 0.15) is 0 Å². The van der Waals surface area contributed by atoms with E-state index in [2.05, 4.69) is 41.1 Å². The molecule has 0 amide bonds. The lowest BCUT2D eigenvalue weighted by atomic mass is 10.2. The van der Waals surface area contributed by atoms with Gasteiger partial charge in [0.25, 0.3) is 0 Å². The van der Waals surface area contributed by atoms with Crippen LogP contribution in [-0.4, -0.2) is 5.75 Å². The van der Waals surface area contributed by atoms with Crippen molar-refractivity contribution in [1.29, 1.82) is 0 Å². The van der Waals surface area contributed by atoms with Crippen molar-refractivity contribution in [3.8, 4) is 0 Å². The minimum atomic E-state index is 0.610. The van der Waals surface area contributed by atoms with Gasteiger partial charge in [0.15, 0.2) is 0 Å². The van der Waals surface area contributed by atoms with Gasteiger partial charge in [0.05, 0.1) is 0 Å². The van der Waals surface area contributed by atoms with Crippen LogP contribution in [0.2, 0.25) is 0 Å². The molecule has 0 fully saturated rings. The highest BCUT2D eigenvalue weighted by Gasteiger charge is 2.00. The molecule has 1 aromatic carbocycles. The van der Waals surface area contributed by atoms with E-state index >= 15 is 0 Å². The molecule has 0 bridgehead atoms. The van der Waals surface area contributed by atoms with Crippen molar-refractivity contribution in [3.63, 3.8) is 0 Å². The Kier molecular flexibility index (Phi) is 5.60. The number of hydrogen-bond donors (Lipinski definition) is 1. The molecule has 1 aromatic rings. The highest BCUT2D eigenvalue weighted by atomic mass is 79.9. The number of benzene rings is 1. The number of thioether (sulfide) groups is 1. The lowest BCUT2D eigenvalue weighted by Gasteiger charge is -2.05. The average Bonchev–Trinajstić information content (AvgIpc) is 2.20. The van der Waals surface area contributed by atoms with E-state index in [-0.39, 0.29) is 0 Å². The van der Waals surface area contributed by atoms with Crippen molar-refractivity contribution in [2.75, 3.05) is 5.75 Å². The van der Waals surface area contributed by atoms with Crippen molar-refractivity contribution < 1.29 is 0 Å². The van der Waals surface area contributed by atoms with E-state index in [1.54, 1.807) is 0 Å². The predicted molar refractivity (Wildman–Crippen MR) is 67.7 cm³/mol. The fraction of sp³-hybridized carbons (Fsp3) is 0.455. The molecule has 1 rings (SSSR count). The number of hydrogen-bond acceptors (Lipinski definition) is 2. The first kappa shape index (κ1) is 12.1. The molecule has 0 aliphatic heterocycles. The maximum atomic E-state index is 5.56. The molecule has 0 heterocycles. The van der Waals surface area contributed by atoms with Gasteiger partial charge in [-0.1, -0.05) is 19.4 Å². The Hall–Kier alpha value is 0.01000. The van der Waals surface area contributed by atoms with Crippen molar-refractivity contribution in [1.82, 2.24) is 0 Å². The van der Waals surface area contributed by atoms with E-state index in [0.717, 1.165) is 0 Å². The summed E-state index contributed by atoms with van der Waals surface area (Å²) < 4.78 is 1.17. The second-order valence-corrected chi connectivity index (χ2v) is 5.16. The van der Waals surface area contributed by atoms with E-state index in [1.807, 2.05) is 11.8 Å². The zero-order valence-corrected chi connectivity index (χ0v) is 10.8. The second kappa shape index (κ2) is 6.49. The average molecular weight is 274 g/mol. The van der Waals surface area contributed by atoms with Crippen LogP contribution in [0.25, 0.3) is 0 Å². The predicted octanol–water partition coefficient (Wildman–Crippen LogP) is 3.80. The lowest BCUT2D eigenvalue weighted by Crippen LogP contribution is -1.95. The summed E-state index contributed by atoms with van der Waals surface area (Å²) in [5.41, 5.74) is 6.74. The Morgan fingerprint density at radius 3 is 2.79 bits per heavy atom. The Morgan fingerprint density at radius 2 is 2.21 bits per heavy atom. The molecule has 2 N–H and O–H groups in total. The van der Waals surface area contributed by atoms with E-state index in [9.17, 15) is 0 Å². The van der Waals surface area contributed by atoms with Crippen molar-refractivity contribution in [2.24, 2.45) is 5.73 Å². The third-order valence-corrected chi connectivity index (χ3v) is 4.07. The zero-order chi connectivity index (χ0) is 10.4. The van der Waals surface area contributed by atoms with E-state index in [1.165, 1.54) is 33.5 Å². The van der Waals surface area contributed by atoms with Crippen LogP contribution < -0.4 is 5.73 Å². The normalized spacial score (nSPS) is 10.5. The Labute approximate surface area is 98.6 Å². The molecular formula is C11H16BrNS. The summed E-state index contributed by atoms with van der Waals surface area (Å²) in [6.07, 6.45) is 2.53. The Balaban J connectivity index is 2.59. The summed E-state index contributed by atoms with van der Waals surface area (Å²) >= 11 is 5.47. The maximum absolute atomic E-state index is 5.56. The Morgan fingerprint density at radius 1 is 1.43 bits per heavy atom. The highest BCUT2D eigenvalue weighted by molar-refractivity contribution is 9.10. The molecule has 14 heavy (non-hydrogen) atoms. The molecule has 0 aliphatic carbocycles. The van der Waals surface area contributed by atoms with Gasteiger partial charge in [-0.3, -0.25) is 0 Å². The number of halogens is 1. The minimum Gasteiger partial charge on any atom is -0.326 e. The van der Waals surface area contributed by atoms with Crippen LogP contribution in [0.3, 0.4) is 0 Å². The quantitative estimate of drug-likeness (QED) is 0.653. The van der Waals surface area contributed by atoms with Crippen molar-refractivity contribution in [2.45, 2.75) is 31.2 Å². The van der Waals surface area contributed by atoms with Crippen LogP contribution in [0.1, 0.15) is 25.3 Å². The van der Waals surface area contributed by atoms with Gasteiger partial charge in [-0.05, 0) is 45.8 Å². The minimum absolute atomic E-state index is 0.610. The third kappa shape index (κ3) is 3.64. The van der Waals surface area contributed by atoms with Gasteiger partial charge in [-0.15, -0.1) is 11.8 Å². The van der Waals surface area contributed by atoms with Crippen LogP contribution in [0.5, 0.6) is 0 Å². The van der Waals surface area contributed by atoms with Crippen LogP contribution in [0.15, 0.2) is 27.6 Å². The van der Waals surface area contributed by atoms with Crippen LogP contribution >= 0.6 is 27.7 Å². The van der Waals surface area contributed by atoms with Gasteiger partial charge >= 0.3 is 0 Å². The third-order valence-electron chi connectivity index (χ3n) is 1.99. The topological polar surface area (TPSA) is 26.0 Å². The lowest BCUT2D eigenvalue weighted by molar-refractivity contribution is 0.896. The molecular weight excluding hydrogens is 258 g/mol. The smallest absolute Gasteiger partial charge is 0.0314 e. The SMILES string of the molecule is CCCCSc1ccc(CN)cc1Br. The summed E-state index contributed by atoms with van der Waals surface area (Å²) in [6, 6.07) is 6.35. The molecule has 1 nitrogen and oxygen atoms in total. The van der Waals surface area contributed by atoms with E-state index in [4.69, 9.17) is 5.73 Å². The molecule has 78 valence electrons. The van der Waals surface area contributed by atoms with Gasteiger partial charge < -0.3 is 5.73 Å². The highest BCUT2D eigenvalue weighted by Crippen LogP contribution is 2.28. The number of unbranched alkanes of at least 4 members (excludes halogenated alkanes) is 1. The largest absolute Gasteiger partial charge is 0.326 e. The first-order valence-electron chi connectivity index (χ1n) is 4.89. The van der Waals surface area contributed by atoms with Crippen LogP contribution in [-0.2, 0) is 6.54 Å². The standard InChI is InChI=1S/C11H16BrNS/c1-2-3-6-14-11-5-4-9(8-13)7-10(11)12/h4-5,7H,2-3,6,8,13H2,1H3. The van der Waals surface area contributed by atoms with Gasteiger partial charge in [-0.25, -0.2) is 0 Å². The molecule has 3 heteroatoms. The maximum Gasteiger partial charge on any atom is 0.0314 e. The molecule has 0 spiro atoms. The molecule has 0 radical (unpaired) electrons. The molecule has 0 unspecified atom stereocenters. The first-order chi connectivity index (χ1) is 6.77. The van der Waals surface area contributed by atoms with E-state index in [0.29, 0.717) is 6.54 Å². The van der Waals surface area contributed by atoms with Gasteiger partial charge in [0, 0.05) is 15.9 Å².